The summed E-state index contributed by atoms with van der Waals surface area (Å²) < 4.78 is 0. The Balaban J connectivity index is 1.53. The fourth-order valence-electron chi connectivity index (χ4n) is 4.95. The zero-order valence-electron chi connectivity index (χ0n) is 15.5. The average Bonchev–Trinajstić information content (AvgIpc) is 3.23. The van der Waals surface area contributed by atoms with Gasteiger partial charge in [-0.25, -0.2) is 0 Å². The molecule has 0 aromatic heterocycles. The molecule has 4 aromatic carbocycles. The van der Waals surface area contributed by atoms with Crippen LogP contribution >= 0.6 is 0 Å². The molecule has 6 rings (SSSR count). The van der Waals surface area contributed by atoms with Crippen LogP contribution in [0.15, 0.2) is 72.8 Å². The molecule has 0 amide bonds. The molecule has 4 aromatic rings. The predicted molar refractivity (Wildman–Crippen MR) is 117 cm³/mol. The second-order valence-electron chi connectivity index (χ2n) is 7.86. The molecular formula is C26H20N2. The maximum absolute atomic E-state index is 6.42. The number of hydrogen-bond donors (Lipinski definition) is 2. The van der Waals surface area contributed by atoms with E-state index in [1.54, 1.807) is 0 Å². The van der Waals surface area contributed by atoms with Crippen LogP contribution < -0.4 is 11.5 Å². The standard InChI is InChI=1S/C26H20N2/c27-19-6-7-20-16(11-19)10-17-12-23-18(13-22(17)20)14-24-21(23)8-9-25(28)26(24)15-4-2-1-3-5-15/h1-9,11-13H,10,14,27-28H2. The fourth-order valence-corrected chi connectivity index (χ4v) is 4.95. The first-order valence-corrected chi connectivity index (χ1v) is 9.71. The lowest BCUT2D eigenvalue weighted by Crippen LogP contribution is -1.95. The highest BCUT2D eigenvalue weighted by molar-refractivity contribution is 5.93. The third kappa shape index (κ3) is 2.09. The predicted octanol–water partition coefficient (Wildman–Crippen LogP) is 5.66. The van der Waals surface area contributed by atoms with Gasteiger partial charge in [-0.05, 0) is 93.2 Å². The number of nitrogen functional groups attached to an aromatic ring is 2. The summed E-state index contributed by atoms with van der Waals surface area (Å²) in [6.45, 7) is 0. The lowest BCUT2D eigenvalue weighted by atomic mass is 9.94. The van der Waals surface area contributed by atoms with E-state index < -0.39 is 0 Å². The van der Waals surface area contributed by atoms with Crippen LogP contribution in [0, 0.1) is 0 Å². The van der Waals surface area contributed by atoms with E-state index in [9.17, 15) is 0 Å². The highest BCUT2D eigenvalue weighted by Crippen LogP contribution is 2.48. The van der Waals surface area contributed by atoms with Crippen molar-refractivity contribution in [1.82, 2.24) is 0 Å². The Morgan fingerprint density at radius 3 is 2.07 bits per heavy atom. The summed E-state index contributed by atoms with van der Waals surface area (Å²) in [5.41, 5.74) is 27.3. The average molecular weight is 360 g/mol. The van der Waals surface area contributed by atoms with Crippen LogP contribution in [0.25, 0.3) is 33.4 Å². The molecule has 0 spiro atoms. The van der Waals surface area contributed by atoms with E-state index in [4.69, 9.17) is 11.5 Å². The molecule has 0 saturated heterocycles. The molecule has 28 heavy (non-hydrogen) atoms. The van der Waals surface area contributed by atoms with Gasteiger partial charge in [-0.3, -0.25) is 0 Å². The van der Waals surface area contributed by atoms with Crippen molar-refractivity contribution >= 4 is 11.4 Å². The third-order valence-electron chi connectivity index (χ3n) is 6.19. The van der Waals surface area contributed by atoms with E-state index >= 15 is 0 Å². The molecule has 0 unspecified atom stereocenters. The Morgan fingerprint density at radius 1 is 0.571 bits per heavy atom. The number of rotatable bonds is 1. The van der Waals surface area contributed by atoms with Gasteiger partial charge in [0.05, 0.1) is 0 Å². The van der Waals surface area contributed by atoms with Gasteiger partial charge in [-0.15, -0.1) is 0 Å². The van der Waals surface area contributed by atoms with Crippen molar-refractivity contribution < 1.29 is 0 Å². The summed E-state index contributed by atoms with van der Waals surface area (Å²) in [4.78, 5) is 0. The van der Waals surface area contributed by atoms with Crippen LogP contribution in [0.2, 0.25) is 0 Å². The summed E-state index contributed by atoms with van der Waals surface area (Å²) in [7, 11) is 0. The largest absolute Gasteiger partial charge is 0.399 e. The lowest BCUT2D eigenvalue weighted by Gasteiger charge is -2.12. The molecule has 0 aliphatic heterocycles. The molecule has 0 bridgehead atoms. The van der Waals surface area contributed by atoms with E-state index in [0.29, 0.717) is 0 Å². The van der Waals surface area contributed by atoms with E-state index in [2.05, 4.69) is 60.7 Å². The first kappa shape index (κ1) is 15.5. The Bertz CT molecular complexity index is 1270. The van der Waals surface area contributed by atoms with Crippen molar-refractivity contribution in [2.75, 3.05) is 11.5 Å². The second kappa shape index (κ2) is 5.49. The molecule has 0 radical (unpaired) electrons. The highest BCUT2D eigenvalue weighted by Gasteiger charge is 2.27. The van der Waals surface area contributed by atoms with E-state index in [0.717, 1.165) is 24.2 Å². The molecule has 2 aliphatic carbocycles. The van der Waals surface area contributed by atoms with E-state index in [1.807, 2.05) is 12.1 Å². The molecule has 2 aliphatic rings. The Labute approximate surface area is 164 Å². The van der Waals surface area contributed by atoms with Crippen molar-refractivity contribution in [3.8, 4) is 33.4 Å². The lowest BCUT2D eigenvalue weighted by molar-refractivity contribution is 1.24. The normalized spacial score (nSPS) is 13.0. The van der Waals surface area contributed by atoms with Gasteiger partial charge >= 0.3 is 0 Å². The summed E-state index contributed by atoms with van der Waals surface area (Å²) >= 11 is 0. The van der Waals surface area contributed by atoms with Gasteiger partial charge in [0, 0.05) is 16.9 Å². The van der Waals surface area contributed by atoms with Crippen molar-refractivity contribution in [2.24, 2.45) is 0 Å². The molecule has 134 valence electrons. The van der Waals surface area contributed by atoms with Crippen molar-refractivity contribution in [1.29, 1.82) is 0 Å². The fraction of sp³-hybridized carbons (Fsp3) is 0.0769. The maximum Gasteiger partial charge on any atom is 0.0397 e. The molecule has 0 saturated carbocycles. The molecule has 0 fully saturated rings. The zero-order chi connectivity index (χ0) is 18.8. The molecule has 0 atom stereocenters. The number of hydrogen-bond acceptors (Lipinski definition) is 2. The SMILES string of the molecule is Nc1ccc2c(c1)Cc1cc3c(cc1-2)Cc1c-3ccc(N)c1-c1ccccc1. The van der Waals surface area contributed by atoms with Crippen molar-refractivity contribution in [3.05, 3.63) is 95.1 Å². The summed E-state index contributed by atoms with van der Waals surface area (Å²) in [5, 5.41) is 0. The Morgan fingerprint density at radius 2 is 1.25 bits per heavy atom. The van der Waals surface area contributed by atoms with Gasteiger partial charge in [0.25, 0.3) is 0 Å². The van der Waals surface area contributed by atoms with E-state index in [-0.39, 0.29) is 0 Å². The van der Waals surface area contributed by atoms with Gasteiger partial charge in [0.15, 0.2) is 0 Å². The topological polar surface area (TPSA) is 52.0 Å². The van der Waals surface area contributed by atoms with Crippen molar-refractivity contribution in [2.45, 2.75) is 12.8 Å². The summed E-state index contributed by atoms with van der Waals surface area (Å²) in [5.74, 6) is 0. The monoisotopic (exact) mass is 360 g/mol. The molecule has 2 heteroatoms. The highest BCUT2D eigenvalue weighted by atomic mass is 14.6. The summed E-state index contributed by atoms with van der Waals surface area (Å²) in [6.07, 6.45) is 1.89. The minimum absolute atomic E-state index is 0.840. The molecular weight excluding hydrogens is 340 g/mol. The number of fused-ring (bicyclic) bond motifs is 6. The van der Waals surface area contributed by atoms with Crippen LogP contribution in [0.3, 0.4) is 0 Å². The number of nitrogens with two attached hydrogens (primary N) is 2. The van der Waals surface area contributed by atoms with E-state index in [1.165, 1.54) is 55.6 Å². The Hall–Kier alpha value is -3.52. The van der Waals surface area contributed by atoms with Gasteiger partial charge in [-0.1, -0.05) is 42.5 Å². The maximum atomic E-state index is 6.42. The zero-order valence-corrected chi connectivity index (χ0v) is 15.5. The van der Waals surface area contributed by atoms with Gasteiger partial charge in [-0.2, -0.15) is 0 Å². The van der Waals surface area contributed by atoms with Crippen LogP contribution in [-0.4, -0.2) is 0 Å². The Kier molecular flexibility index (Phi) is 3.05. The number of benzene rings is 4. The van der Waals surface area contributed by atoms with Crippen LogP contribution in [0.1, 0.15) is 22.3 Å². The van der Waals surface area contributed by atoms with Crippen LogP contribution in [0.4, 0.5) is 11.4 Å². The van der Waals surface area contributed by atoms with Crippen LogP contribution in [0.5, 0.6) is 0 Å². The smallest absolute Gasteiger partial charge is 0.0397 e. The third-order valence-corrected chi connectivity index (χ3v) is 6.19. The first-order chi connectivity index (χ1) is 13.7. The van der Waals surface area contributed by atoms with Crippen LogP contribution in [-0.2, 0) is 12.8 Å². The number of anilines is 2. The molecule has 0 heterocycles. The van der Waals surface area contributed by atoms with Crippen molar-refractivity contribution in [3.63, 3.8) is 0 Å². The minimum atomic E-state index is 0.840. The minimum Gasteiger partial charge on any atom is -0.399 e. The molecule has 2 nitrogen and oxygen atoms in total. The summed E-state index contributed by atoms with van der Waals surface area (Å²) in [6, 6.07) is 25.8. The first-order valence-electron chi connectivity index (χ1n) is 9.71. The van der Waals surface area contributed by atoms with Gasteiger partial charge in [0.2, 0.25) is 0 Å². The molecule has 4 N–H and O–H groups in total. The second-order valence-corrected chi connectivity index (χ2v) is 7.86. The quantitative estimate of drug-likeness (QED) is 0.372. The van der Waals surface area contributed by atoms with Gasteiger partial charge < -0.3 is 11.5 Å². The van der Waals surface area contributed by atoms with Gasteiger partial charge in [0.1, 0.15) is 0 Å².